The highest BCUT2D eigenvalue weighted by atomic mass is 16.5. The fraction of sp³-hybridized carbons (Fsp3) is 0.556. The molecule has 1 saturated heterocycles. The molecule has 0 saturated carbocycles. The van der Waals surface area contributed by atoms with Crippen LogP contribution in [0.5, 0.6) is 5.75 Å². The van der Waals surface area contributed by atoms with Crippen molar-refractivity contribution in [3.63, 3.8) is 0 Å². The lowest BCUT2D eigenvalue weighted by Gasteiger charge is -2.39. The van der Waals surface area contributed by atoms with E-state index in [0.717, 1.165) is 29.7 Å². The molecule has 25 heavy (non-hydrogen) atoms. The second-order valence-electron chi connectivity index (χ2n) is 6.55. The minimum absolute atomic E-state index is 0.198. The van der Waals surface area contributed by atoms with Gasteiger partial charge in [-0.25, -0.2) is 4.79 Å². The van der Waals surface area contributed by atoms with E-state index in [4.69, 9.17) is 15.2 Å². The lowest BCUT2D eigenvalue weighted by Crippen LogP contribution is -2.51. The van der Waals surface area contributed by atoms with Crippen LogP contribution in [0.3, 0.4) is 0 Å². The molecule has 0 unspecified atom stereocenters. The number of ether oxygens (including phenoxy) is 2. The maximum Gasteiger partial charge on any atom is 0.318 e. The molecule has 7 nitrogen and oxygen atoms in total. The van der Waals surface area contributed by atoms with E-state index in [1.54, 1.807) is 14.0 Å². The van der Waals surface area contributed by atoms with Crippen LogP contribution in [-0.2, 0) is 14.9 Å². The number of carbonyl (C=O) groups excluding carboxylic acids is 2. The number of methoxy groups -OCH3 is 1. The molecule has 0 radical (unpaired) electrons. The van der Waals surface area contributed by atoms with Gasteiger partial charge in [-0.05, 0) is 32.8 Å². The van der Waals surface area contributed by atoms with Gasteiger partial charge in [-0.2, -0.15) is 0 Å². The van der Waals surface area contributed by atoms with Gasteiger partial charge in [0.25, 0.3) is 0 Å². The molecule has 1 fully saturated rings. The first-order chi connectivity index (χ1) is 11.9. The Morgan fingerprint density at radius 2 is 2.04 bits per heavy atom. The highest BCUT2D eigenvalue weighted by Crippen LogP contribution is 2.40. The number of amides is 3. The van der Waals surface area contributed by atoms with Crippen LogP contribution in [0.4, 0.5) is 4.79 Å². The van der Waals surface area contributed by atoms with Crippen LogP contribution in [0.25, 0.3) is 0 Å². The number of nitrogens with one attached hydrogen (secondary N) is 2. The Bertz CT molecular complexity index is 627. The number of carbonyl (C=O) groups is 2. The fourth-order valence-corrected chi connectivity index (χ4v) is 3.21. The number of urea groups is 1. The summed E-state index contributed by atoms with van der Waals surface area (Å²) in [5.41, 5.74) is 7.09. The summed E-state index contributed by atoms with van der Waals surface area (Å²) >= 11 is 0. The van der Waals surface area contributed by atoms with Crippen molar-refractivity contribution in [2.24, 2.45) is 5.73 Å². The Balaban J connectivity index is 2.22. The predicted molar refractivity (Wildman–Crippen MR) is 94.7 cm³/mol. The van der Waals surface area contributed by atoms with Crippen LogP contribution in [0.15, 0.2) is 18.2 Å². The average molecular weight is 349 g/mol. The summed E-state index contributed by atoms with van der Waals surface area (Å²) in [6.07, 6.45) is 1.65. The Labute approximate surface area is 148 Å². The van der Waals surface area contributed by atoms with E-state index in [1.165, 1.54) is 0 Å². The number of primary amides is 1. The van der Waals surface area contributed by atoms with Gasteiger partial charge in [-0.3, -0.25) is 10.1 Å². The third kappa shape index (κ3) is 4.70. The number of nitrogens with two attached hydrogens (primary N) is 1. The Morgan fingerprint density at radius 1 is 1.36 bits per heavy atom. The lowest BCUT2D eigenvalue weighted by atomic mass is 9.73. The average Bonchev–Trinajstić information content (AvgIpc) is 2.59. The van der Waals surface area contributed by atoms with Gasteiger partial charge in [0.2, 0.25) is 5.91 Å². The van der Waals surface area contributed by atoms with E-state index in [1.807, 2.05) is 19.1 Å². The second kappa shape index (κ2) is 8.31. The summed E-state index contributed by atoms with van der Waals surface area (Å²) in [6.45, 7) is 5.63. The minimum Gasteiger partial charge on any atom is -0.496 e. The number of aryl methyl sites for hydroxylation is 1. The Hall–Kier alpha value is -2.12. The summed E-state index contributed by atoms with van der Waals surface area (Å²) in [5.74, 6) is 0.398. The summed E-state index contributed by atoms with van der Waals surface area (Å²) < 4.78 is 11.1. The van der Waals surface area contributed by atoms with Gasteiger partial charge in [0.1, 0.15) is 5.75 Å². The molecular formula is C18H27N3O4. The topological polar surface area (TPSA) is 103 Å². The third-order valence-corrected chi connectivity index (χ3v) is 4.76. The lowest BCUT2D eigenvalue weighted by molar-refractivity contribution is -0.121. The maximum absolute atomic E-state index is 11.9. The quantitative estimate of drug-likeness (QED) is 0.717. The molecule has 7 heteroatoms. The van der Waals surface area contributed by atoms with E-state index < -0.39 is 18.0 Å². The Morgan fingerprint density at radius 3 is 2.64 bits per heavy atom. The molecule has 0 aromatic heterocycles. The first-order valence-electron chi connectivity index (χ1n) is 8.44. The van der Waals surface area contributed by atoms with Crippen LogP contribution in [0, 0.1) is 6.92 Å². The van der Waals surface area contributed by atoms with Gasteiger partial charge in [0, 0.05) is 30.7 Å². The van der Waals surface area contributed by atoms with Gasteiger partial charge in [-0.1, -0.05) is 17.7 Å². The SMILES string of the molecule is COc1ccc(C)cc1C1(CN[C@@H](C)C(=O)NC(N)=O)CCOCC1. The number of rotatable bonds is 6. The summed E-state index contributed by atoms with van der Waals surface area (Å²) in [4.78, 5) is 22.8. The van der Waals surface area contributed by atoms with Crippen LogP contribution in [0.1, 0.15) is 30.9 Å². The summed E-state index contributed by atoms with van der Waals surface area (Å²) in [5, 5.41) is 5.34. The molecule has 1 aromatic rings. The van der Waals surface area contributed by atoms with Crippen LogP contribution < -0.4 is 21.1 Å². The molecule has 0 spiro atoms. The molecule has 3 amide bonds. The first kappa shape index (κ1) is 19.2. The van der Waals surface area contributed by atoms with Crippen LogP contribution in [0.2, 0.25) is 0 Å². The third-order valence-electron chi connectivity index (χ3n) is 4.76. The smallest absolute Gasteiger partial charge is 0.318 e. The molecule has 1 aliphatic heterocycles. The fourth-order valence-electron chi connectivity index (χ4n) is 3.21. The van der Waals surface area contributed by atoms with Crippen molar-refractivity contribution in [2.75, 3.05) is 26.9 Å². The predicted octanol–water partition coefficient (Wildman–Crippen LogP) is 1.22. The summed E-state index contributed by atoms with van der Waals surface area (Å²) in [7, 11) is 1.66. The first-order valence-corrected chi connectivity index (χ1v) is 8.44. The van der Waals surface area contributed by atoms with Crippen molar-refractivity contribution in [2.45, 2.75) is 38.1 Å². The van der Waals surface area contributed by atoms with Crippen LogP contribution in [-0.4, -0.2) is 44.8 Å². The molecule has 138 valence electrons. The zero-order valence-electron chi connectivity index (χ0n) is 15.1. The molecule has 1 heterocycles. The van der Waals surface area contributed by atoms with Gasteiger partial charge in [0.05, 0.1) is 13.2 Å². The zero-order valence-corrected chi connectivity index (χ0v) is 15.1. The number of imide groups is 1. The Kier molecular flexibility index (Phi) is 6.39. The zero-order chi connectivity index (χ0) is 18.4. The molecule has 4 N–H and O–H groups in total. The van der Waals surface area contributed by atoms with E-state index in [2.05, 4.69) is 16.7 Å². The molecular weight excluding hydrogens is 322 g/mol. The molecule has 2 rings (SSSR count). The van der Waals surface area contributed by atoms with E-state index in [-0.39, 0.29) is 5.41 Å². The van der Waals surface area contributed by atoms with E-state index >= 15 is 0 Å². The molecule has 0 bridgehead atoms. The van der Waals surface area contributed by atoms with Gasteiger partial charge in [0.15, 0.2) is 0 Å². The number of hydrogen-bond acceptors (Lipinski definition) is 5. The molecule has 1 aromatic carbocycles. The monoisotopic (exact) mass is 349 g/mol. The van der Waals surface area contributed by atoms with Gasteiger partial charge in [-0.15, -0.1) is 0 Å². The van der Waals surface area contributed by atoms with Crippen molar-refractivity contribution in [1.82, 2.24) is 10.6 Å². The second-order valence-corrected chi connectivity index (χ2v) is 6.55. The van der Waals surface area contributed by atoms with Gasteiger partial charge < -0.3 is 20.5 Å². The normalized spacial score (nSPS) is 17.6. The number of benzene rings is 1. The van der Waals surface area contributed by atoms with E-state index in [0.29, 0.717) is 19.8 Å². The standard InChI is InChI=1S/C18H27N3O4/c1-12-4-5-15(24-3)14(10-12)18(6-8-25-9-7-18)11-20-13(2)16(22)21-17(19)23/h4-5,10,13,20H,6-9,11H2,1-3H3,(H3,19,21,22,23)/t13-/m0/s1. The highest BCUT2D eigenvalue weighted by Gasteiger charge is 2.37. The minimum atomic E-state index is -0.847. The van der Waals surface area contributed by atoms with Crippen molar-refractivity contribution in [1.29, 1.82) is 0 Å². The molecule has 0 aliphatic carbocycles. The highest BCUT2D eigenvalue weighted by molar-refractivity contribution is 5.96. The largest absolute Gasteiger partial charge is 0.496 e. The summed E-state index contributed by atoms with van der Waals surface area (Å²) in [6, 6.07) is 4.75. The molecule has 1 aliphatic rings. The molecule has 1 atom stereocenters. The van der Waals surface area contributed by atoms with Crippen molar-refractivity contribution in [3.05, 3.63) is 29.3 Å². The van der Waals surface area contributed by atoms with E-state index in [9.17, 15) is 9.59 Å². The van der Waals surface area contributed by atoms with Gasteiger partial charge >= 0.3 is 6.03 Å². The van der Waals surface area contributed by atoms with Crippen molar-refractivity contribution < 1.29 is 19.1 Å². The maximum atomic E-state index is 11.9. The van der Waals surface area contributed by atoms with Crippen molar-refractivity contribution in [3.8, 4) is 5.75 Å². The van der Waals surface area contributed by atoms with Crippen LogP contribution >= 0.6 is 0 Å². The number of hydrogen-bond donors (Lipinski definition) is 3. The van der Waals surface area contributed by atoms with Crippen molar-refractivity contribution >= 4 is 11.9 Å².